The van der Waals surface area contributed by atoms with E-state index in [1.807, 2.05) is 42.5 Å². The Kier molecular flexibility index (Phi) is 8.45. The first-order chi connectivity index (χ1) is 18.4. The number of unbranched alkanes of at least 4 members (excludes halogenated alkanes) is 1. The van der Waals surface area contributed by atoms with Crippen molar-refractivity contribution in [3.05, 3.63) is 106 Å². The summed E-state index contributed by atoms with van der Waals surface area (Å²) in [7, 11) is 0. The van der Waals surface area contributed by atoms with Gasteiger partial charge in [-0.3, -0.25) is 14.4 Å². The van der Waals surface area contributed by atoms with Crippen LogP contribution in [0.25, 0.3) is 22.0 Å². The van der Waals surface area contributed by atoms with Crippen LogP contribution in [0.3, 0.4) is 0 Å². The number of aromatic nitrogens is 1. The van der Waals surface area contributed by atoms with Crippen LogP contribution in [-0.4, -0.2) is 40.3 Å². The number of amides is 1. The third-order valence-corrected chi connectivity index (χ3v) is 6.45. The summed E-state index contributed by atoms with van der Waals surface area (Å²) in [5, 5.41) is 12.3. The highest BCUT2D eigenvalue weighted by molar-refractivity contribution is 5.99. The van der Waals surface area contributed by atoms with Gasteiger partial charge in [0.05, 0.1) is 6.04 Å². The van der Waals surface area contributed by atoms with E-state index in [9.17, 15) is 24.3 Å². The van der Waals surface area contributed by atoms with Gasteiger partial charge in [0.1, 0.15) is 5.56 Å². The van der Waals surface area contributed by atoms with Gasteiger partial charge in [-0.15, -0.1) is 0 Å². The monoisotopic (exact) mass is 511 g/mol. The molecule has 194 valence electrons. The van der Waals surface area contributed by atoms with E-state index >= 15 is 0 Å². The molecule has 5 N–H and O–H groups in total. The lowest BCUT2D eigenvalue weighted by molar-refractivity contribution is -0.120. The molecule has 0 spiro atoms. The van der Waals surface area contributed by atoms with Crippen molar-refractivity contribution in [2.45, 2.75) is 31.7 Å². The van der Waals surface area contributed by atoms with Crippen molar-refractivity contribution in [2.75, 3.05) is 6.54 Å². The Morgan fingerprint density at radius 2 is 1.63 bits per heavy atom. The van der Waals surface area contributed by atoms with Gasteiger partial charge in [-0.25, -0.2) is 4.79 Å². The summed E-state index contributed by atoms with van der Waals surface area (Å²) < 4.78 is 0. The van der Waals surface area contributed by atoms with E-state index in [2.05, 4.69) is 10.3 Å². The van der Waals surface area contributed by atoms with Crippen molar-refractivity contribution >= 4 is 28.6 Å². The van der Waals surface area contributed by atoms with Gasteiger partial charge in [-0.05, 0) is 66.8 Å². The molecule has 8 nitrogen and oxygen atoms in total. The quantitative estimate of drug-likeness (QED) is 0.225. The molecule has 4 aromatic rings. The first-order valence-electron chi connectivity index (χ1n) is 12.4. The largest absolute Gasteiger partial charge is 0.477 e. The molecule has 8 heteroatoms. The zero-order chi connectivity index (χ0) is 27.1. The smallest absolute Gasteiger partial charge is 0.341 e. The van der Waals surface area contributed by atoms with Gasteiger partial charge in [0.2, 0.25) is 5.43 Å². The second-order valence-corrected chi connectivity index (χ2v) is 9.11. The average molecular weight is 512 g/mol. The molecule has 0 aliphatic carbocycles. The molecule has 0 aliphatic heterocycles. The molecular formula is C30H29N3O5. The number of aromatic carboxylic acids is 1. The van der Waals surface area contributed by atoms with Crippen LogP contribution in [0.15, 0.2) is 83.8 Å². The first kappa shape index (κ1) is 26.5. The molecular weight excluding hydrogens is 482 g/mol. The minimum atomic E-state index is -1.32. The molecule has 1 aromatic heterocycles. The van der Waals surface area contributed by atoms with E-state index in [1.54, 1.807) is 24.3 Å². The standard InChI is InChI=1S/C30H29N3O5/c31-15-5-4-8-26(33-29(36)22-12-10-21(11-13-22)20-6-2-1-3-7-20)27(34)17-19-9-14-25-23(16-19)28(35)24(18-32-25)30(37)38/h1-3,6-7,9-14,16,18,26H,4-5,8,15,17,31H2,(H,32,35)(H,33,36)(H,37,38)/t26-/m0/s1. The molecule has 3 aromatic carbocycles. The van der Waals surface area contributed by atoms with E-state index in [0.717, 1.165) is 23.7 Å². The van der Waals surface area contributed by atoms with Gasteiger partial charge in [0, 0.05) is 29.1 Å². The number of hydrogen-bond acceptors (Lipinski definition) is 5. The number of carboxylic acids is 1. The number of ketones is 1. The second-order valence-electron chi connectivity index (χ2n) is 9.11. The van der Waals surface area contributed by atoms with Crippen LogP contribution in [0.4, 0.5) is 0 Å². The summed E-state index contributed by atoms with van der Waals surface area (Å²) in [6.45, 7) is 0.481. The van der Waals surface area contributed by atoms with Gasteiger partial charge in [0.25, 0.3) is 5.91 Å². The molecule has 0 unspecified atom stereocenters. The van der Waals surface area contributed by atoms with Crippen molar-refractivity contribution in [1.29, 1.82) is 0 Å². The number of fused-ring (bicyclic) bond motifs is 1. The number of aromatic amines is 1. The maximum atomic E-state index is 13.3. The number of carbonyl (C=O) groups is 3. The highest BCUT2D eigenvalue weighted by Gasteiger charge is 2.22. The Balaban J connectivity index is 1.51. The Bertz CT molecular complexity index is 1510. The Labute approximate surface area is 219 Å². The Hall–Kier alpha value is -4.56. The molecule has 1 heterocycles. The van der Waals surface area contributed by atoms with Gasteiger partial charge >= 0.3 is 5.97 Å². The molecule has 1 amide bonds. The fourth-order valence-corrected chi connectivity index (χ4v) is 4.35. The molecule has 0 radical (unpaired) electrons. The predicted molar refractivity (Wildman–Crippen MR) is 146 cm³/mol. The van der Waals surface area contributed by atoms with Gasteiger partial charge < -0.3 is 21.1 Å². The van der Waals surface area contributed by atoms with Crippen LogP contribution in [0.2, 0.25) is 0 Å². The molecule has 0 fully saturated rings. The summed E-state index contributed by atoms with van der Waals surface area (Å²) in [5.41, 5.74) is 8.13. The number of H-pyrrole nitrogens is 1. The number of nitrogens with one attached hydrogen (secondary N) is 2. The van der Waals surface area contributed by atoms with Crippen LogP contribution in [0.5, 0.6) is 0 Å². The number of benzene rings is 3. The third-order valence-electron chi connectivity index (χ3n) is 6.45. The first-order valence-corrected chi connectivity index (χ1v) is 12.4. The minimum absolute atomic E-state index is 0.0206. The number of hydrogen-bond donors (Lipinski definition) is 4. The molecule has 0 saturated heterocycles. The fourth-order valence-electron chi connectivity index (χ4n) is 4.35. The molecule has 0 aliphatic rings. The molecule has 4 rings (SSSR count). The van der Waals surface area contributed by atoms with E-state index in [4.69, 9.17) is 5.73 Å². The fraction of sp³-hybridized carbons (Fsp3) is 0.200. The number of Topliss-reactive ketones (excluding diaryl/α,β-unsaturated/α-hetero) is 1. The molecule has 0 saturated carbocycles. The summed E-state index contributed by atoms with van der Waals surface area (Å²) in [6.07, 6.45) is 2.95. The van der Waals surface area contributed by atoms with Crippen molar-refractivity contribution in [3.8, 4) is 11.1 Å². The number of rotatable bonds is 11. The minimum Gasteiger partial charge on any atom is -0.477 e. The predicted octanol–water partition coefficient (Wildman–Crippen LogP) is 3.93. The highest BCUT2D eigenvalue weighted by atomic mass is 16.4. The third kappa shape index (κ3) is 6.22. The molecule has 38 heavy (non-hydrogen) atoms. The summed E-state index contributed by atoms with van der Waals surface area (Å²) in [4.78, 5) is 53.0. The van der Waals surface area contributed by atoms with Crippen molar-refractivity contribution in [1.82, 2.24) is 10.3 Å². The van der Waals surface area contributed by atoms with Crippen molar-refractivity contribution in [3.63, 3.8) is 0 Å². The topological polar surface area (TPSA) is 142 Å². The zero-order valence-electron chi connectivity index (χ0n) is 20.8. The average Bonchev–Trinajstić information content (AvgIpc) is 2.93. The second kappa shape index (κ2) is 12.1. The van der Waals surface area contributed by atoms with E-state index in [0.29, 0.717) is 36.0 Å². The van der Waals surface area contributed by atoms with Crippen LogP contribution in [-0.2, 0) is 11.2 Å². The maximum Gasteiger partial charge on any atom is 0.341 e. The maximum absolute atomic E-state index is 13.3. The van der Waals surface area contributed by atoms with E-state index in [-0.39, 0.29) is 29.1 Å². The molecule has 0 bridgehead atoms. The number of carbonyl (C=O) groups excluding carboxylic acids is 2. The van der Waals surface area contributed by atoms with E-state index in [1.165, 1.54) is 6.07 Å². The highest BCUT2D eigenvalue weighted by Crippen LogP contribution is 2.20. The van der Waals surface area contributed by atoms with E-state index < -0.39 is 17.4 Å². The lowest BCUT2D eigenvalue weighted by atomic mass is 9.97. The Morgan fingerprint density at radius 1 is 0.921 bits per heavy atom. The van der Waals surface area contributed by atoms with Gasteiger partial charge in [-0.2, -0.15) is 0 Å². The lowest BCUT2D eigenvalue weighted by Gasteiger charge is -2.18. The van der Waals surface area contributed by atoms with Crippen LogP contribution in [0, 0.1) is 0 Å². The van der Waals surface area contributed by atoms with Crippen LogP contribution in [0.1, 0.15) is 45.5 Å². The Morgan fingerprint density at radius 3 is 2.32 bits per heavy atom. The lowest BCUT2D eigenvalue weighted by Crippen LogP contribution is -2.41. The van der Waals surface area contributed by atoms with Gasteiger partial charge in [0.15, 0.2) is 5.78 Å². The number of pyridine rings is 1. The van der Waals surface area contributed by atoms with Crippen LogP contribution < -0.4 is 16.5 Å². The summed E-state index contributed by atoms with van der Waals surface area (Å²) in [5.74, 6) is -1.88. The van der Waals surface area contributed by atoms with Gasteiger partial charge in [-0.1, -0.05) is 48.5 Å². The number of nitrogens with two attached hydrogens (primary N) is 1. The van der Waals surface area contributed by atoms with Crippen molar-refractivity contribution in [2.24, 2.45) is 5.73 Å². The van der Waals surface area contributed by atoms with Crippen LogP contribution >= 0.6 is 0 Å². The number of carboxylic acid groups (broad SMARTS) is 1. The summed E-state index contributed by atoms with van der Waals surface area (Å²) >= 11 is 0. The SMILES string of the molecule is NCCCC[C@H](NC(=O)c1ccc(-c2ccccc2)cc1)C(=O)Cc1ccc2[nH]cc(C(=O)O)c(=O)c2c1. The zero-order valence-corrected chi connectivity index (χ0v) is 20.8. The van der Waals surface area contributed by atoms with Crippen molar-refractivity contribution < 1.29 is 19.5 Å². The normalized spacial score (nSPS) is 11.7. The summed E-state index contributed by atoms with van der Waals surface area (Å²) in [6, 6.07) is 21.2. The molecule has 1 atom stereocenters.